The summed E-state index contributed by atoms with van der Waals surface area (Å²) in [5, 5.41) is 2.54. The minimum absolute atomic E-state index is 0.169. The average molecular weight is 273 g/mol. The maximum absolute atomic E-state index is 12.0. The highest BCUT2D eigenvalue weighted by Crippen LogP contribution is 2.22. The van der Waals surface area contributed by atoms with Gasteiger partial charge in [-0.2, -0.15) is 0 Å². The molecule has 1 aromatic rings. The van der Waals surface area contributed by atoms with Gasteiger partial charge in [-0.1, -0.05) is 0 Å². The van der Waals surface area contributed by atoms with Crippen molar-refractivity contribution >= 4 is 29.2 Å². The highest BCUT2D eigenvalue weighted by molar-refractivity contribution is 6.29. The number of hydrogen-bond donors (Lipinski definition) is 2. The molecule has 0 aromatic carbocycles. The number of H-pyrrole nitrogens is 1. The van der Waals surface area contributed by atoms with Gasteiger partial charge in [-0.3, -0.25) is 4.79 Å². The lowest BCUT2D eigenvalue weighted by Crippen LogP contribution is -2.25. The minimum Gasteiger partial charge on any atom is -0.456 e. The van der Waals surface area contributed by atoms with Crippen LogP contribution < -0.4 is 5.32 Å². The number of ether oxygens (including phenoxy) is 1. The van der Waals surface area contributed by atoms with Crippen LogP contribution in [0.4, 0.5) is 5.69 Å². The van der Waals surface area contributed by atoms with Crippen LogP contribution in [0.2, 0.25) is 0 Å². The van der Waals surface area contributed by atoms with Gasteiger partial charge in [-0.05, 0) is 27.7 Å². The molecule has 1 amide bonds. The standard InChI is InChI=1S/C12H17ClN2O3/c1-7-10(11(17)18-12(2,3)4)8(6-14-7)15-9(16)5-13/h6,14H,5H2,1-4H3,(H,15,16). The van der Waals surface area contributed by atoms with Crippen molar-refractivity contribution < 1.29 is 14.3 Å². The Morgan fingerprint density at radius 3 is 2.56 bits per heavy atom. The van der Waals surface area contributed by atoms with Crippen molar-refractivity contribution in [1.82, 2.24) is 4.98 Å². The van der Waals surface area contributed by atoms with Crippen LogP contribution in [0, 0.1) is 6.92 Å². The molecule has 5 nitrogen and oxygen atoms in total. The molecule has 1 aromatic heterocycles. The van der Waals surface area contributed by atoms with Gasteiger partial charge >= 0.3 is 5.97 Å². The Labute approximate surface area is 111 Å². The van der Waals surface area contributed by atoms with Crippen molar-refractivity contribution in [1.29, 1.82) is 0 Å². The molecule has 1 heterocycles. The highest BCUT2D eigenvalue weighted by Gasteiger charge is 2.23. The summed E-state index contributed by atoms with van der Waals surface area (Å²) in [6.45, 7) is 7.08. The first kappa shape index (κ1) is 14.6. The third-order valence-corrected chi connectivity index (χ3v) is 2.32. The number of carbonyl (C=O) groups excluding carboxylic acids is 2. The Morgan fingerprint density at radius 1 is 1.44 bits per heavy atom. The van der Waals surface area contributed by atoms with Gasteiger partial charge in [0.15, 0.2) is 0 Å². The zero-order valence-electron chi connectivity index (χ0n) is 10.9. The number of aromatic nitrogens is 1. The quantitative estimate of drug-likeness (QED) is 0.656. The molecule has 0 unspecified atom stereocenters. The van der Waals surface area contributed by atoms with E-state index in [2.05, 4.69) is 10.3 Å². The van der Waals surface area contributed by atoms with Gasteiger partial charge in [0.1, 0.15) is 17.0 Å². The van der Waals surface area contributed by atoms with Crippen molar-refractivity contribution in [3.8, 4) is 0 Å². The molecule has 0 atom stereocenters. The largest absolute Gasteiger partial charge is 0.456 e. The lowest BCUT2D eigenvalue weighted by atomic mass is 10.1. The number of amides is 1. The molecule has 0 spiro atoms. The fourth-order valence-electron chi connectivity index (χ4n) is 1.40. The van der Waals surface area contributed by atoms with Gasteiger partial charge in [0, 0.05) is 11.9 Å². The molecule has 100 valence electrons. The molecule has 0 aliphatic carbocycles. The van der Waals surface area contributed by atoms with E-state index in [1.54, 1.807) is 33.9 Å². The first-order chi connectivity index (χ1) is 8.24. The van der Waals surface area contributed by atoms with Crippen LogP contribution in [-0.2, 0) is 9.53 Å². The first-order valence-corrected chi connectivity index (χ1v) is 6.05. The molecule has 0 aliphatic heterocycles. The van der Waals surface area contributed by atoms with Crippen LogP contribution in [0.25, 0.3) is 0 Å². The normalized spacial score (nSPS) is 11.2. The number of halogens is 1. The fourth-order valence-corrected chi connectivity index (χ4v) is 1.47. The zero-order chi connectivity index (χ0) is 13.9. The molecule has 18 heavy (non-hydrogen) atoms. The second-order valence-corrected chi connectivity index (χ2v) is 5.15. The van der Waals surface area contributed by atoms with Crippen LogP contribution in [0.15, 0.2) is 6.20 Å². The van der Waals surface area contributed by atoms with Crippen LogP contribution in [-0.4, -0.2) is 28.3 Å². The number of rotatable bonds is 3. The molecule has 0 bridgehead atoms. The second kappa shape index (κ2) is 5.44. The molecular formula is C12H17ClN2O3. The molecule has 0 saturated heterocycles. The van der Waals surface area contributed by atoms with Gasteiger partial charge in [0.25, 0.3) is 0 Å². The number of hydrogen-bond acceptors (Lipinski definition) is 3. The first-order valence-electron chi connectivity index (χ1n) is 5.51. The maximum Gasteiger partial charge on any atom is 0.342 e. The Hall–Kier alpha value is -1.49. The summed E-state index contributed by atoms with van der Waals surface area (Å²) in [6.07, 6.45) is 1.54. The van der Waals surface area contributed by atoms with Crippen LogP contribution >= 0.6 is 11.6 Å². The van der Waals surface area contributed by atoms with E-state index in [1.165, 1.54) is 0 Å². The predicted octanol–water partition coefficient (Wildman–Crippen LogP) is 2.46. The average Bonchev–Trinajstić information content (AvgIpc) is 2.57. The van der Waals surface area contributed by atoms with Crippen LogP contribution in [0.3, 0.4) is 0 Å². The number of aromatic amines is 1. The lowest BCUT2D eigenvalue weighted by Gasteiger charge is -2.20. The van der Waals surface area contributed by atoms with E-state index in [-0.39, 0.29) is 11.8 Å². The predicted molar refractivity (Wildman–Crippen MR) is 70.0 cm³/mol. The lowest BCUT2D eigenvalue weighted by molar-refractivity contribution is -0.113. The van der Waals surface area contributed by atoms with Crippen molar-refractivity contribution in [3.63, 3.8) is 0 Å². The highest BCUT2D eigenvalue weighted by atomic mass is 35.5. The van der Waals surface area contributed by atoms with Gasteiger partial charge in [0.2, 0.25) is 5.91 Å². The van der Waals surface area contributed by atoms with Gasteiger partial charge in [0.05, 0.1) is 5.69 Å². The zero-order valence-corrected chi connectivity index (χ0v) is 11.6. The molecule has 2 N–H and O–H groups in total. The Balaban J connectivity index is 2.97. The number of aryl methyl sites for hydroxylation is 1. The summed E-state index contributed by atoms with van der Waals surface area (Å²) in [5.74, 6) is -1.02. The monoisotopic (exact) mass is 272 g/mol. The molecule has 0 fully saturated rings. The summed E-state index contributed by atoms with van der Waals surface area (Å²) >= 11 is 5.41. The van der Waals surface area contributed by atoms with Crippen molar-refractivity contribution in [2.24, 2.45) is 0 Å². The molecular weight excluding hydrogens is 256 g/mol. The van der Waals surface area contributed by atoms with E-state index in [4.69, 9.17) is 16.3 Å². The number of esters is 1. The van der Waals surface area contributed by atoms with Gasteiger partial charge in [-0.25, -0.2) is 4.79 Å². The van der Waals surface area contributed by atoms with E-state index >= 15 is 0 Å². The Morgan fingerprint density at radius 2 is 2.06 bits per heavy atom. The van der Waals surface area contributed by atoms with E-state index in [9.17, 15) is 9.59 Å². The number of anilines is 1. The number of carbonyl (C=O) groups is 2. The van der Waals surface area contributed by atoms with E-state index in [1.807, 2.05) is 0 Å². The van der Waals surface area contributed by atoms with E-state index in [0.29, 0.717) is 16.9 Å². The number of alkyl halides is 1. The summed E-state index contributed by atoms with van der Waals surface area (Å²) in [7, 11) is 0. The van der Waals surface area contributed by atoms with E-state index < -0.39 is 11.6 Å². The molecule has 6 heteroatoms. The Kier molecular flexibility index (Phi) is 4.40. The molecule has 0 aliphatic rings. The summed E-state index contributed by atoms with van der Waals surface area (Å²) in [5.41, 5.74) is 0.749. The SMILES string of the molecule is Cc1[nH]cc(NC(=O)CCl)c1C(=O)OC(C)(C)C. The second-order valence-electron chi connectivity index (χ2n) is 4.89. The van der Waals surface area contributed by atoms with E-state index in [0.717, 1.165) is 0 Å². The topological polar surface area (TPSA) is 71.2 Å². The Bertz CT molecular complexity index is 460. The smallest absolute Gasteiger partial charge is 0.342 e. The molecule has 0 saturated carbocycles. The number of nitrogens with one attached hydrogen (secondary N) is 2. The maximum atomic E-state index is 12.0. The third kappa shape index (κ3) is 3.77. The third-order valence-electron chi connectivity index (χ3n) is 2.08. The van der Waals surface area contributed by atoms with Gasteiger partial charge < -0.3 is 15.0 Å². The van der Waals surface area contributed by atoms with Crippen molar-refractivity contribution in [3.05, 3.63) is 17.5 Å². The minimum atomic E-state index is -0.589. The summed E-state index contributed by atoms with van der Waals surface area (Å²) < 4.78 is 5.28. The fraction of sp³-hybridized carbons (Fsp3) is 0.500. The van der Waals surface area contributed by atoms with Crippen LogP contribution in [0.5, 0.6) is 0 Å². The van der Waals surface area contributed by atoms with Crippen LogP contribution in [0.1, 0.15) is 36.8 Å². The van der Waals surface area contributed by atoms with Crippen molar-refractivity contribution in [2.75, 3.05) is 11.2 Å². The van der Waals surface area contributed by atoms with Gasteiger partial charge in [-0.15, -0.1) is 11.6 Å². The summed E-state index contributed by atoms with van der Waals surface area (Å²) in [4.78, 5) is 26.1. The molecule has 1 rings (SSSR count). The summed E-state index contributed by atoms with van der Waals surface area (Å²) in [6, 6.07) is 0. The van der Waals surface area contributed by atoms with Crippen molar-refractivity contribution in [2.45, 2.75) is 33.3 Å². The molecule has 0 radical (unpaired) electrons.